The molecule has 0 bridgehead atoms. The van der Waals surface area contributed by atoms with Crippen LogP contribution in [0.5, 0.6) is 11.5 Å². The van der Waals surface area contributed by atoms with Gasteiger partial charge < -0.3 is 19.5 Å². The molecule has 3 rings (SSSR count). The Morgan fingerprint density at radius 3 is 2.29 bits per heavy atom. The molecule has 0 unspecified atom stereocenters. The minimum atomic E-state index is -3.52. The fraction of sp³-hybridized carbons (Fsp3) is 0.333. The Balaban J connectivity index is 1.57. The van der Waals surface area contributed by atoms with Gasteiger partial charge in [-0.2, -0.15) is 4.31 Å². The quantitative estimate of drug-likeness (QED) is 0.617. The number of hydrogen-bond acceptors (Lipinski definition) is 7. The fourth-order valence-corrected chi connectivity index (χ4v) is 4.68. The number of benzene rings is 2. The molecule has 1 amide bonds. The van der Waals surface area contributed by atoms with Crippen LogP contribution in [0.15, 0.2) is 47.4 Å². The first-order valence-corrected chi connectivity index (χ1v) is 11.1. The van der Waals surface area contributed by atoms with Crippen molar-refractivity contribution >= 4 is 27.6 Å². The SMILES string of the molecule is COc1ccc(C(=O)OCC(=O)Nc2ccc(S(=O)(=O)N3CCCC3)cc2)c(OC)c1. The first kappa shape index (κ1) is 22.6. The second-order valence-corrected chi connectivity index (χ2v) is 8.76. The van der Waals surface area contributed by atoms with Crippen LogP contribution in [0.25, 0.3) is 0 Å². The molecule has 0 radical (unpaired) electrons. The number of carbonyl (C=O) groups excluding carboxylic acids is 2. The summed E-state index contributed by atoms with van der Waals surface area (Å²) < 4.78 is 41.8. The van der Waals surface area contributed by atoms with Gasteiger partial charge in [0.1, 0.15) is 17.1 Å². The maximum atomic E-state index is 12.5. The third-order valence-electron chi connectivity index (χ3n) is 4.80. The van der Waals surface area contributed by atoms with E-state index < -0.39 is 28.5 Å². The molecule has 0 atom stereocenters. The van der Waals surface area contributed by atoms with Crippen molar-refractivity contribution < 1.29 is 32.2 Å². The predicted octanol–water partition coefficient (Wildman–Crippen LogP) is 2.28. The van der Waals surface area contributed by atoms with Crippen LogP contribution in [0.2, 0.25) is 0 Å². The highest BCUT2D eigenvalue weighted by atomic mass is 32.2. The first-order valence-electron chi connectivity index (χ1n) is 9.64. The van der Waals surface area contributed by atoms with Gasteiger partial charge in [-0.1, -0.05) is 0 Å². The Kier molecular flexibility index (Phi) is 7.13. The zero-order valence-electron chi connectivity index (χ0n) is 17.3. The second-order valence-electron chi connectivity index (χ2n) is 6.83. The summed E-state index contributed by atoms with van der Waals surface area (Å²) >= 11 is 0. The molecule has 166 valence electrons. The van der Waals surface area contributed by atoms with Crippen LogP contribution in [0.1, 0.15) is 23.2 Å². The number of nitrogens with one attached hydrogen (secondary N) is 1. The number of amides is 1. The van der Waals surface area contributed by atoms with Crippen LogP contribution < -0.4 is 14.8 Å². The molecule has 2 aromatic rings. The number of ether oxygens (including phenoxy) is 3. The standard InChI is InChI=1S/C21H24N2O7S/c1-28-16-7-10-18(19(13-16)29-2)21(25)30-14-20(24)22-15-5-8-17(9-6-15)31(26,27)23-11-3-4-12-23/h5-10,13H,3-4,11-12,14H2,1-2H3,(H,22,24). The Labute approximate surface area is 181 Å². The van der Waals surface area contributed by atoms with E-state index >= 15 is 0 Å². The van der Waals surface area contributed by atoms with Crippen molar-refractivity contribution in [2.45, 2.75) is 17.7 Å². The molecule has 1 aliphatic heterocycles. The lowest BCUT2D eigenvalue weighted by molar-refractivity contribution is -0.119. The van der Waals surface area contributed by atoms with Gasteiger partial charge in [0, 0.05) is 24.8 Å². The number of sulfonamides is 1. The van der Waals surface area contributed by atoms with Gasteiger partial charge in [0.2, 0.25) is 10.0 Å². The maximum absolute atomic E-state index is 12.5. The van der Waals surface area contributed by atoms with E-state index in [-0.39, 0.29) is 16.2 Å². The molecule has 0 spiro atoms. The van der Waals surface area contributed by atoms with Gasteiger partial charge in [-0.3, -0.25) is 4.79 Å². The van der Waals surface area contributed by atoms with Crippen molar-refractivity contribution in [3.63, 3.8) is 0 Å². The van der Waals surface area contributed by atoms with Crippen LogP contribution in [0.4, 0.5) is 5.69 Å². The van der Waals surface area contributed by atoms with Crippen molar-refractivity contribution in [2.24, 2.45) is 0 Å². The van der Waals surface area contributed by atoms with Crippen LogP contribution in [-0.4, -0.2) is 58.5 Å². The molecule has 1 heterocycles. The van der Waals surface area contributed by atoms with Crippen LogP contribution in [0.3, 0.4) is 0 Å². The average molecular weight is 448 g/mol. The van der Waals surface area contributed by atoms with Crippen LogP contribution in [-0.2, 0) is 19.6 Å². The molecule has 1 N–H and O–H groups in total. The number of nitrogens with zero attached hydrogens (tertiary/aromatic N) is 1. The van der Waals surface area contributed by atoms with Crippen molar-refractivity contribution in [1.82, 2.24) is 4.31 Å². The van der Waals surface area contributed by atoms with E-state index in [9.17, 15) is 18.0 Å². The average Bonchev–Trinajstić information content (AvgIpc) is 3.33. The minimum Gasteiger partial charge on any atom is -0.497 e. The third-order valence-corrected chi connectivity index (χ3v) is 6.72. The first-order chi connectivity index (χ1) is 14.8. The Hall–Kier alpha value is -3.11. The fourth-order valence-electron chi connectivity index (χ4n) is 3.16. The van der Waals surface area contributed by atoms with Gasteiger partial charge in [0.25, 0.3) is 5.91 Å². The van der Waals surface area contributed by atoms with Crippen molar-refractivity contribution in [2.75, 3.05) is 39.2 Å². The number of hydrogen-bond donors (Lipinski definition) is 1. The number of carbonyl (C=O) groups is 2. The summed E-state index contributed by atoms with van der Waals surface area (Å²) in [6.45, 7) is 0.526. The molecular weight excluding hydrogens is 424 g/mol. The highest BCUT2D eigenvalue weighted by Gasteiger charge is 2.27. The second kappa shape index (κ2) is 9.80. The molecule has 0 saturated carbocycles. The zero-order valence-corrected chi connectivity index (χ0v) is 18.1. The lowest BCUT2D eigenvalue weighted by atomic mass is 10.2. The Morgan fingerprint density at radius 2 is 1.68 bits per heavy atom. The third kappa shape index (κ3) is 5.33. The molecule has 10 heteroatoms. The molecule has 1 fully saturated rings. The van der Waals surface area contributed by atoms with Gasteiger partial charge in [0.05, 0.1) is 19.1 Å². The van der Waals surface area contributed by atoms with Crippen molar-refractivity contribution in [1.29, 1.82) is 0 Å². The summed E-state index contributed by atoms with van der Waals surface area (Å²) in [7, 11) is -0.617. The van der Waals surface area contributed by atoms with E-state index in [1.165, 1.54) is 54.9 Å². The zero-order chi connectivity index (χ0) is 22.4. The number of methoxy groups -OCH3 is 2. The normalized spacial score (nSPS) is 14.1. The number of rotatable bonds is 8. The highest BCUT2D eigenvalue weighted by molar-refractivity contribution is 7.89. The summed E-state index contributed by atoms with van der Waals surface area (Å²) in [6.07, 6.45) is 1.71. The molecule has 1 aliphatic rings. The Morgan fingerprint density at radius 1 is 1.00 bits per heavy atom. The van der Waals surface area contributed by atoms with Gasteiger partial charge in [-0.25, -0.2) is 13.2 Å². The highest BCUT2D eigenvalue weighted by Crippen LogP contribution is 2.25. The maximum Gasteiger partial charge on any atom is 0.342 e. The number of anilines is 1. The van der Waals surface area contributed by atoms with Crippen LogP contribution in [0, 0.1) is 0 Å². The van der Waals surface area contributed by atoms with Gasteiger partial charge in [0.15, 0.2) is 6.61 Å². The van der Waals surface area contributed by atoms with Gasteiger partial charge in [-0.05, 0) is 49.2 Å². The molecule has 9 nitrogen and oxygen atoms in total. The molecule has 0 aliphatic carbocycles. The van der Waals surface area contributed by atoms with Crippen molar-refractivity contribution in [3.05, 3.63) is 48.0 Å². The van der Waals surface area contributed by atoms with E-state index in [0.717, 1.165) is 12.8 Å². The molecule has 0 aromatic heterocycles. The summed E-state index contributed by atoms with van der Waals surface area (Å²) in [5.41, 5.74) is 0.552. The largest absolute Gasteiger partial charge is 0.497 e. The van der Waals surface area contributed by atoms with Crippen LogP contribution >= 0.6 is 0 Å². The predicted molar refractivity (Wildman–Crippen MR) is 113 cm³/mol. The van der Waals surface area contributed by atoms with E-state index in [2.05, 4.69) is 5.32 Å². The van der Waals surface area contributed by atoms with Gasteiger partial charge >= 0.3 is 5.97 Å². The number of esters is 1. The summed E-state index contributed by atoms with van der Waals surface area (Å²) in [5.74, 6) is -0.501. The van der Waals surface area contributed by atoms with Crippen molar-refractivity contribution in [3.8, 4) is 11.5 Å². The Bertz CT molecular complexity index is 1050. The van der Waals surface area contributed by atoms with E-state index in [4.69, 9.17) is 14.2 Å². The lowest BCUT2D eigenvalue weighted by Crippen LogP contribution is -2.27. The van der Waals surface area contributed by atoms with Gasteiger partial charge in [-0.15, -0.1) is 0 Å². The lowest BCUT2D eigenvalue weighted by Gasteiger charge is -2.15. The van der Waals surface area contributed by atoms with E-state index in [1.807, 2.05) is 0 Å². The van der Waals surface area contributed by atoms with E-state index in [0.29, 0.717) is 24.5 Å². The summed E-state index contributed by atoms with van der Waals surface area (Å²) in [6, 6.07) is 10.5. The smallest absolute Gasteiger partial charge is 0.342 e. The summed E-state index contributed by atoms with van der Waals surface area (Å²) in [4.78, 5) is 24.6. The van der Waals surface area contributed by atoms with E-state index in [1.54, 1.807) is 6.07 Å². The topological polar surface area (TPSA) is 111 Å². The monoisotopic (exact) mass is 448 g/mol. The molecule has 2 aromatic carbocycles. The summed E-state index contributed by atoms with van der Waals surface area (Å²) in [5, 5.41) is 2.57. The molecule has 1 saturated heterocycles. The molecular formula is C21H24N2O7S. The molecule has 31 heavy (non-hydrogen) atoms. The minimum absolute atomic E-state index is 0.160.